The Kier molecular flexibility index (Phi) is 4.74. The quantitative estimate of drug-likeness (QED) is 0.421. The molecule has 0 aliphatic heterocycles. The number of ether oxygens (including phenoxy) is 2. The van der Waals surface area contributed by atoms with E-state index in [0.29, 0.717) is 22.7 Å². The molecule has 0 saturated heterocycles. The highest BCUT2D eigenvalue weighted by Crippen LogP contribution is 2.28. The normalized spacial score (nSPS) is 11.2. The monoisotopic (exact) mass is 432 g/mol. The van der Waals surface area contributed by atoms with Crippen LogP contribution in [-0.4, -0.2) is 43.6 Å². The average Bonchev–Trinajstić information content (AvgIpc) is 3.25. The maximum atomic E-state index is 13.3. The summed E-state index contributed by atoms with van der Waals surface area (Å²) in [7, 11) is 3.11. The zero-order chi connectivity index (χ0) is 22.2. The summed E-state index contributed by atoms with van der Waals surface area (Å²) in [6.45, 7) is 0.266. The zero-order valence-electron chi connectivity index (χ0n) is 17.2. The second-order valence-electron chi connectivity index (χ2n) is 7.04. The smallest absolute Gasteiger partial charge is 0.283 e. The van der Waals surface area contributed by atoms with Gasteiger partial charge in [-0.25, -0.2) is 9.37 Å². The summed E-state index contributed by atoms with van der Waals surface area (Å²) in [6.07, 6.45) is 3.04. The zero-order valence-corrected chi connectivity index (χ0v) is 17.2. The Labute approximate surface area is 180 Å². The van der Waals surface area contributed by atoms with Crippen molar-refractivity contribution in [2.45, 2.75) is 6.54 Å². The molecule has 3 heterocycles. The average molecular weight is 432 g/mol. The molecule has 0 aliphatic rings. The van der Waals surface area contributed by atoms with Gasteiger partial charge in [0, 0.05) is 5.56 Å². The van der Waals surface area contributed by atoms with Crippen LogP contribution in [0.2, 0.25) is 0 Å². The molecule has 0 amide bonds. The fourth-order valence-corrected chi connectivity index (χ4v) is 3.52. The molecule has 0 bridgehead atoms. The molecule has 9 nitrogen and oxygen atoms in total. The lowest BCUT2D eigenvalue weighted by Crippen LogP contribution is -2.23. The largest absolute Gasteiger partial charge is 0.493 e. The van der Waals surface area contributed by atoms with Crippen LogP contribution in [0.4, 0.5) is 4.39 Å². The Balaban J connectivity index is 1.56. The summed E-state index contributed by atoms with van der Waals surface area (Å²) in [5, 5.41) is 12.6. The van der Waals surface area contributed by atoms with Gasteiger partial charge in [0.05, 0.1) is 27.0 Å². The van der Waals surface area contributed by atoms with Gasteiger partial charge < -0.3 is 9.47 Å². The van der Waals surface area contributed by atoms with Gasteiger partial charge in [0.2, 0.25) is 0 Å². The van der Waals surface area contributed by atoms with Crippen LogP contribution in [0.1, 0.15) is 5.56 Å². The lowest BCUT2D eigenvalue weighted by atomic mass is 10.1. The van der Waals surface area contributed by atoms with E-state index in [1.54, 1.807) is 44.7 Å². The number of aromatic nitrogens is 6. The molecular formula is C22H17FN6O3. The van der Waals surface area contributed by atoms with E-state index in [1.807, 2.05) is 6.07 Å². The third-order valence-electron chi connectivity index (χ3n) is 5.14. The number of halogens is 1. The van der Waals surface area contributed by atoms with Crippen LogP contribution in [0.15, 0.2) is 59.8 Å². The number of fused-ring (bicyclic) bond motifs is 3. The molecule has 5 aromatic rings. The second kappa shape index (κ2) is 7.73. The number of methoxy groups -OCH3 is 2. The van der Waals surface area contributed by atoms with Crippen LogP contribution in [0.25, 0.3) is 27.9 Å². The van der Waals surface area contributed by atoms with Crippen molar-refractivity contribution in [3.8, 4) is 22.6 Å². The Morgan fingerprint density at radius 2 is 1.75 bits per heavy atom. The van der Waals surface area contributed by atoms with E-state index in [-0.39, 0.29) is 29.1 Å². The van der Waals surface area contributed by atoms with Gasteiger partial charge in [0.15, 0.2) is 28.3 Å². The highest BCUT2D eigenvalue weighted by molar-refractivity contribution is 5.80. The Hall–Kier alpha value is -4.34. The SMILES string of the molecule is COc1ccc(Cn2cnc3c(nnc4c(-c5ccc(F)cc5)cnn43)c2=O)cc1OC. The van der Waals surface area contributed by atoms with Crippen molar-refractivity contribution < 1.29 is 13.9 Å². The molecule has 0 atom stereocenters. The molecule has 0 saturated carbocycles. The third-order valence-corrected chi connectivity index (χ3v) is 5.14. The Morgan fingerprint density at radius 1 is 0.969 bits per heavy atom. The van der Waals surface area contributed by atoms with Crippen molar-refractivity contribution in [3.05, 3.63) is 76.7 Å². The number of rotatable bonds is 5. The highest BCUT2D eigenvalue weighted by atomic mass is 19.1. The van der Waals surface area contributed by atoms with Crippen molar-refractivity contribution in [1.29, 1.82) is 0 Å². The number of benzene rings is 2. The molecule has 0 spiro atoms. The van der Waals surface area contributed by atoms with E-state index in [2.05, 4.69) is 20.3 Å². The van der Waals surface area contributed by atoms with Gasteiger partial charge >= 0.3 is 0 Å². The third kappa shape index (κ3) is 3.22. The van der Waals surface area contributed by atoms with E-state index in [4.69, 9.17) is 9.47 Å². The lowest BCUT2D eigenvalue weighted by Gasteiger charge is -2.11. The van der Waals surface area contributed by atoms with Crippen molar-refractivity contribution >= 4 is 16.8 Å². The molecule has 0 radical (unpaired) electrons. The van der Waals surface area contributed by atoms with Crippen molar-refractivity contribution in [2.24, 2.45) is 0 Å². The number of nitrogens with zero attached hydrogens (tertiary/aromatic N) is 6. The molecule has 2 aromatic carbocycles. The van der Waals surface area contributed by atoms with Crippen LogP contribution in [0, 0.1) is 5.82 Å². The van der Waals surface area contributed by atoms with Crippen LogP contribution >= 0.6 is 0 Å². The summed E-state index contributed by atoms with van der Waals surface area (Å²) in [4.78, 5) is 17.5. The van der Waals surface area contributed by atoms with Gasteiger partial charge in [0.25, 0.3) is 5.56 Å². The van der Waals surface area contributed by atoms with E-state index < -0.39 is 0 Å². The lowest BCUT2D eigenvalue weighted by molar-refractivity contribution is 0.354. The van der Waals surface area contributed by atoms with Gasteiger partial charge in [-0.05, 0) is 35.4 Å². The standard InChI is InChI=1S/C22H17FN6O3/c1-31-17-8-3-13(9-18(17)32-2)11-28-12-24-21-19(22(28)30)26-27-20-16(10-25-29(20)21)14-4-6-15(23)7-5-14/h3-10,12H,11H2,1-2H3. The minimum absolute atomic E-state index is 0.0919. The van der Waals surface area contributed by atoms with Crippen molar-refractivity contribution in [3.63, 3.8) is 0 Å². The second-order valence-corrected chi connectivity index (χ2v) is 7.04. The van der Waals surface area contributed by atoms with Crippen LogP contribution in [0.3, 0.4) is 0 Å². The molecule has 5 rings (SSSR count). The van der Waals surface area contributed by atoms with Crippen LogP contribution in [0.5, 0.6) is 11.5 Å². The molecule has 160 valence electrons. The maximum Gasteiger partial charge on any atom is 0.283 e. The summed E-state index contributed by atoms with van der Waals surface area (Å²) in [5.74, 6) is 0.834. The predicted octanol–water partition coefficient (Wildman–Crippen LogP) is 2.71. The fourth-order valence-electron chi connectivity index (χ4n) is 3.52. The number of hydrogen-bond donors (Lipinski definition) is 0. The van der Waals surface area contributed by atoms with Gasteiger partial charge in [-0.3, -0.25) is 9.36 Å². The minimum atomic E-state index is -0.349. The predicted molar refractivity (Wildman–Crippen MR) is 114 cm³/mol. The first-order valence-electron chi connectivity index (χ1n) is 9.65. The molecular weight excluding hydrogens is 415 g/mol. The molecule has 3 aromatic heterocycles. The molecule has 10 heteroatoms. The first-order valence-corrected chi connectivity index (χ1v) is 9.65. The summed E-state index contributed by atoms with van der Waals surface area (Å²) < 4.78 is 26.7. The summed E-state index contributed by atoms with van der Waals surface area (Å²) in [6, 6.07) is 11.4. The number of hydrogen-bond acceptors (Lipinski definition) is 7. The van der Waals surface area contributed by atoms with E-state index in [9.17, 15) is 9.18 Å². The van der Waals surface area contributed by atoms with Gasteiger partial charge in [-0.15, -0.1) is 10.2 Å². The molecule has 0 fully saturated rings. The fraction of sp³-hybridized carbons (Fsp3) is 0.136. The highest BCUT2D eigenvalue weighted by Gasteiger charge is 2.16. The first kappa shape index (κ1) is 19.6. The summed E-state index contributed by atoms with van der Waals surface area (Å²) in [5.41, 5.74) is 2.68. The Morgan fingerprint density at radius 3 is 2.50 bits per heavy atom. The van der Waals surface area contributed by atoms with Gasteiger partial charge in [0.1, 0.15) is 12.1 Å². The van der Waals surface area contributed by atoms with E-state index in [0.717, 1.165) is 11.1 Å². The van der Waals surface area contributed by atoms with Gasteiger partial charge in [-0.2, -0.15) is 9.61 Å². The first-order chi connectivity index (χ1) is 15.6. The topological polar surface area (TPSA) is 96.4 Å². The molecule has 0 unspecified atom stereocenters. The van der Waals surface area contributed by atoms with E-state index >= 15 is 0 Å². The Bertz CT molecular complexity index is 1510. The maximum absolute atomic E-state index is 13.3. The molecule has 0 aliphatic carbocycles. The summed E-state index contributed by atoms with van der Waals surface area (Å²) >= 11 is 0. The molecule has 32 heavy (non-hydrogen) atoms. The van der Waals surface area contributed by atoms with E-state index in [1.165, 1.54) is 27.5 Å². The molecule has 0 N–H and O–H groups in total. The minimum Gasteiger partial charge on any atom is -0.493 e. The van der Waals surface area contributed by atoms with Crippen LogP contribution in [-0.2, 0) is 6.54 Å². The van der Waals surface area contributed by atoms with Crippen molar-refractivity contribution in [2.75, 3.05) is 14.2 Å². The van der Waals surface area contributed by atoms with Crippen molar-refractivity contribution in [1.82, 2.24) is 29.4 Å². The van der Waals surface area contributed by atoms with Gasteiger partial charge in [-0.1, -0.05) is 18.2 Å². The van der Waals surface area contributed by atoms with Crippen LogP contribution < -0.4 is 15.0 Å².